The van der Waals surface area contributed by atoms with E-state index in [-0.39, 0.29) is 22.6 Å². The van der Waals surface area contributed by atoms with Gasteiger partial charge in [-0.3, -0.25) is 19.8 Å². The molecule has 8 nitrogen and oxygen atoms in total. The molecule has 1 saturated heterocycles. The van der Waals surface area contributed by atoms with Gasteiger partial charge < -0.3 is 14.4 Å². The molecule has 1 unspecified atom stereocenters. The number of amides is 1. The maximum atomic E-state index is 13.3. The summed E-state index contributed by atoms with van der Waals surface area (Å²) >= 11 is 0. The van der Waals surface area contributed by atoms with Crippen LogP contribution in [0.4, 0.5) is 11.4 Å². The first-order valence-corrected chi connectivity index (χ1v) is 11.7. The van der Waals surface area contributed by atoms with Gasteiger partial charge in [0.1, 0.15) is 0 Å². The van der Waals surface area contributed by atoms with Gasteiger partial charge in [-0.25, -0.2) is 0 Å². The van der Waals surface area contributed by atoms with E-state index in [1.54, 1.807) is 12.1 Å². The van der Waals surface area contributed by atoms with E-state index in [9.17, 15) is 14.9 Å². The second kappa shape index (κ2) is 9.30. The SMILES string of the molecule is Cc1ccc(C2c3cccn3CCN2CC(=O)N2CCN(c3ccc([N+](=O)[O-])cc3)CC2)cc1. The third-order valence-corrected chi connectivity index (χ3v) is 6.93. The Morgan fingerprint density at radius 3 is 2.32 bits per heavy atom. The number of carbonyl (C=O) groups excluding carboxylic acids is 1. The first kappa shape index (κ1) is 22.2. The second-order valence-electron chi connectivity index (χ2n) is 9.05. The van der Waals surface area contributed by atoms with E-state index in [1.165, 1.54) is 29.0 Å². The van der Waals surface area contributed by atoms with Crippen LogP contribution in [0.2, 0.25) is 0 Å². The molecule has 34 heavy (non-hydrogen) atoms. The highest BCUT2D eigenvalue weighted by atomic mass is 16.6. The highest BCUT2D eigenvalue weighted by molar-refractivity contribution is 5.78. The van der Waals surface area contributed by atoms with Gasteiger partial charge in [0.15, 0.2) is 0 Å². The molecule has 1 atom stereocenters. The minimum atomic E-state index is -0.387. The number of hydrogen-bond donors (Lipinski definition) is 0. The van der Waals surface area contributed by atoms with Crippen LogP contribution in [0.1, 0.15) is 22.9 Å². The molecule has 5 rings (SSSR count). The minimum Gasteiger partial charge on any atom is -0.368 e. The number of fused-ring (bicyclic) bond motifs is 1. The fraction of sp³-hybridized carbons (Fsp3) is 0.346. The lowest BCUT2D eigenvalue weighted by atomic mass is 9.99. The van der Waals surface area contributed by atoms with Gasteiger partial charge in [0.25, 0.3) is 5.69 Å². The zero-order valence-corrected chi connectivity index (χ0v) is 19.3. The van der Waals surface area contributed by atoms with Crippen LogP contribution in [0.3, 0.4) is 0 Å². The topological polar surface area (TPSA) is 74.9 Å². The maximum absolute atomic E-state index is 13.3. The number of aryl methyl sites for hydroxylation is 1. The summed E-state index contributed by atoms with van der Waals surface area (Å²) < 4.78 is 2.29. The van der Waals surface area contributed by atoms with Crippen molar-refractivity contribution in [3.8, 4) is 0 Å². The molecule has 0 N–H and O–H groups in total. The van der Waals surface area contributed by atoms with Crippen LogP contribution in [-0.2, 0) is 11.3 Å². The summed E-state index contributed by atoms with van der Waals surface area (Å²) in [6, 6.07) is 19.5. The van der Waals surface area contributed by atoms with Crippen molar-refractivity contribution < 1.29 is 9.72 Å². The van der Waals surface area contributed by atoms with Crippen LogP contribution in [0, 0.1) is 17.0 Å². The Balaban J connectivity index is 1.25. The van der Waals surface area contributed by atoms with Gasteiger partial charge in [-0.15, -0.1) is 0 Å². The van der Waals surface area contributed by atoms with Crippen molar-refractivity contribution in [1.82, 2.24) is 14.4 Å². The van der Waals surface area contributed by atoms with Crippen molar-refractivity contribution in [2.45, 2.75) is 19.5 Å². The van der Waals surface area contributed by atoms with Gasteiger partial charge in [0.05, 0.1) is 17.5 Å². The van der Waals surface area contributed by atoms with E-state index in [2.05, 4.69) is 63.9 Å². The van der Waals surface area contributed by atoms with Crippen molar-refractivity contribution in [2.24, 2.45) is 0 Å². The zero-order valence-electron chi connectivity index (χ0n) is 19.3. The number of non-ortho nitro benzene ring substituents is 1. The van der Waals surface area contributed by atoms with Gasteiger partial charge in [-0.1, -0.05) is 29.8 Å². The summed E-state index contributed by atoms with van der Waals surface area (Å²) in [5.41, 5.74) is 4.71. The largest absolute Gasteiger partial charge is 0.368 e. The van der Waals surface area contributed by atoms with Gasteiger partial charge >= 0.3 is 0 Å². The fourth-order valence-corrected chi connectivity index (χ4v) is 5.01. The summed E-state index contributed by atoms with van der Waals surface area (Å²) in [7, 11) is 0. The number of hydrogen-bond acceptors (Lipinski definition) is 5. The Morgan fingerprint density at radius 1 is 0.941 bits per heavy atom. The van der Waals surface area contributed by atoms with Gasteiger partial charge in [-0.2, -0.15) is 0 Å². The number of rotatable bonds is 5. The second-order valence-corrected chi connectivity index (χ2v) is 9.05. The first-order chi connectivity index (χ1) is 16.5. The molecular weight excluding hydrogens is 430 g/mol. The molecule has 8 heteroatoms. The Labute approximate surface area is 199 Å². The predicted octanol–water partition coefficient (Wildman–Crippen LogP) is 3.46. The molecule has 2 aliphatic heterocycles. The molecule has 176 valence electrons. The minimum absolute atomic E-state index is 0.0645. The predicted molar refractivity (Wildman–Crippen MR) is 131 cm³/mol. The lowest BCUT2D eigenvalue weighted by Gasteiger charge is -2.40. The van der Waals surface area contributed by atoms with Gasteiger partial charge in [0.2, 0.25) is 5.91 Å². The van der Waals surface area contributed by atoms with E-state index >= 15 is 0 Å². The smallest absolute Gasteiger partial charge is 0.269 e. The molecule has 0 radical (unpaired) electrons. The number of piperazine rings is 1. The monoisotopic (exact) mass is 459 g/mol. The van der Waals surface area contributed by atoms with Crippen molar-refractivity contribution in [2.75, 3.05) is 44.2 Å². The maximum Gasteiger partial charge on any atom is 0.269 e. The Hall–Kier alpha value is -3.65. The average molecular weight is 460 g/mol. The number of anilines is 1. The third kappa shape index (κ3) is 4.41. The highest BCUT2D eigenvalue weighted by Gasteiger charge is 2.32. The summed E-state index contributed by atoms with van der Waals surface area (Å²) in [6.07, 6.45) is 2.12. The zero-order chi connectivity index (χ0) is 23.7. The molecule has 0 aliphatic carbocycles. The van der Waals surface area contributed by atoms with Gasteiger partial charge in [-0.05, 0) is 36.8 Å². The molecule has 3 heterocycles. The van der Waals surface area contributed by atoms with Crippen molar-refractivity contribution in [3.05, 3.63) is 93.8 Å². The quantitative estimate of drug-likeness (QED) is 0.432. The number of carbonyl (C=O) groups is 1. The van der Waals surface area contributed by atoms with E-state index in [0.29, 0.717) is 32.7 Å². The van der Waals surface area contributed by atoms with Crippen LogP contribution >= 0.6 is 0 Å². The molecule has 1 amide bonds. The van der Waals surface area contributed by atoms with E-state index in [1.807, 2.05) is 4.90 Å². The lowest BCUT2D eigenvalue weighted by molar-refractivity contribution is -0.384. The number of nitro benzene ring substituents is 1. The van der Waals surface area contributed by atoms with Crippen LogP contribution in [0.5, 0.6) is 0 Å². The third-order valence-electron chi connectivity index (χ3n) is 6.93. The van der Waals surface area contributed by atoms with Crippen LogP contribution in [0.15, 0.2) is 66.9 Å². The number of benzene rings is 2. The Bertz CT molecular complexity index is 1160. The Kier molecular flexibility index (Phi) is 6.06. The first-order valence-electron chi connectivity index (χ1n) is 11.7. The Morgan fingerprint density at radius 2 is 1.65 bits per heavy atom. The normalized spacial score (nSPS) is 18.6. The van der Waals surface area contributed by atoms with E-state index in [0.717, 1.165) is 18.8 Å². The molecule has 1 aromatic heterocycles. The number of nitro groups is 1. The summed E-state index contributed by atoms with van der Waals surface area (Å²) in [5.74, 6) is 0.153. The molecule has 0 bridgehead atoms. The molecule has 1 fully saturated rings. The lowest BCUT2D eigenvalue weighted by Crippen LogP contribution is -2.52. The summed E-state index contributed by atoms with van der Waals surface area (Å²) in [4.78, 5) is 30.2. The number of nitrogens with zero attached hydrogens (tertiary/aromatic N) is 5. The molecule has 3 aromatic rings. The van der Waals surface area contributed by atoms with E-state index in [4.69, 9.17) is 0 Å². The van der Waals surface area contributed by atoms with Crippen LogP contribution in [-0.4, -0.2) is 64.5 Å². The highest BCUT2D eigenvalue weighted by Crippen LogP contribution is 2.32. The van der Waals surface area contributed by atoms with Crippen molar-refractivity contribution in [3.63, 3.8) is 0 Å². The number of aromatic nitrogens is 1. The van der Waals surface area contributed by atoms with Gasteiger partial charge in [0, 0.05) is 69.0 Å². The molecular formula is C26H29N5O3. The summed E-state index contributed by atoms with van der Waals surface area (Å²) in [5, 5.41) is 10.9. The van der Waals surface area contributed by atoms with Crippen LogP contribution in [0.25, 0.3) is 0 Å². The molecule has 2 aromatic carbocycles. The van der Waals surface area contributed by atoms with Crippen molar-refractivity contribution in [1.29, 1.82) is 0 Å². The standard InChI is InChI=1S/C26H29N5O3/c1-20-4-6-21(7-5-20)26-24-3-2-12-28(24)15-18-30(26)19-25(32)29-16-13-27(14-17-29)22-8-10-23(11-9-22)31(33)34/h2-12,26H,13-19H2,1H3. The average Bonchev–Trinajstić information content (AvgIpc) is 3.34. The van der Waals surface area contributed by atoms with E-state index < -0.39 is 0 Å². The molecule has 2 aliphatic rings. The summed E-state index contributed by atoms with van der Waals surface area (Å²) in [6.45, 7) is 6.92. The molecule has 0 saturated carbocycles. The van der Waals surface area contributed by atoms with Crippen molar-refractivity contribution >= 4 is 17.3 Å². The molecule has 0 spiro atoms. The fourth-order valence-electron chi connectivity index (χ4n) is 5.01. The van der Waals surface area contributed by atoms with Crippen LogP contribution < -0.4 is 4.90 Å².